The van der Waals surface area contributed by atoms with Crippen molar-refractivity contribution in [1.29, 1.82) is 0 Å². The minimum atomic E-state index is -0.0880. The Morgan fingerprint density at radius 1 is 1.73 bits per heavy atom. The first-order valence-electron chi connectivity index (χ1n) is 4.29. The summed E-state index contributed by atoms with van der Waals surface area (Å²) in [5.41, 5.74) is 0. The molecule has 0 radical (unpaired) electrons. The van der Waals surface area contributed by atoms with Crippen LogP contribution in [0.15, 0.2) is 0 Å². The highest BCUT2D eigenvalue weighted by molar-refractivity contribution is 8.00. The van der Waals surface area contributed by atoms with Crippen molar-refractivity contribution in [3.63, 3.8) is 0 Å². The summed E-state index contributed by atoms with van der Waals surface area (Å²) in [5, 5.41) is 13.2. The molecule has 3 heteroatoms. The lowest BCUT2D eigenvalue weighted by atomic mass is 10.1. The predicted octanol–water partition coefficient (Wildman–Crippen LogP) is 0.852. The molecule has 2 nitrogen and oxygen atoms in total. The molecule has 1 unspecified atom stereocenters. The van der Waals surface area contributed by atoms with Crippen LogP contribution in [0.1, 0.15) is 19.3 Å². The summed E-state index contributed by atoms with van der Waals surface area (Å²) in [7, 11) is 1.93. The fourth-order valence-electron chi connectivity index (χ4n) is 1.38. The Morgan fingerprint density at radius 3 is 3.09 bits per heavy atom. The highest BCUT2D eigenvalue weighted by Crippen LogP contribution is 2.29. The Labute approximate surface area is 72.8 Å². The summed E-state index contributed by atoms with van der Waals surface area (Å²) in [6.45, 7) is 0.929. The highest BCUT2D eigenvalue weighted by Gasteiger charge is 2.22. The number of nitrogens with one attached hydrogen (secondary N) is 1. The lowest BCUT2D eigenvalue weighted by Crippen LogP contribution is -2.25. The second kappa shape index (κ2) is 5.01. The molecular formula is C8H17NOS. The van der Waals surface area contributed by atoms with Crippen LogP contribution in [0.5, 0.6) is 0 Å². The highest BCUT2D eigenvalue weighted by atomic mass is 32.2. The van der Waals surface area contributed by atoms with Gasteiger partial charge in [-0.2, -0.15) is 11.8 Å². The molecule has 1 heterocycles. The van der Waals surface area contributed by atoms with Gasteiger partial charge in [0.2, 0.25) is 0 Å². The first-order chi connectivity index (χ1) is 5.34. The van der Waals surface area contributed by atoms with E-state index in [2.05, 4.69) is 5.32 Å². The summed E-state index contributed by atoms with van der Waals surface area (Å²) in [5.74, 6) is 1.24. The third-order valence-electron chi connectivity index (χ3n) is 2.08. The molecule has 1 aliphatic heterocycles. The first kappa shape index (κ1) is 9.36. The standard InChI is InChI=1S/C8H17NOS/c1-9-5-4-7(10)8-3-2-6-11-8/h7-10H,2-6H2,1H3/t7-,8?/m1/s1. The Hall–Kier alpha value is 0.270. The predicted molar refractivity (Wildman–Crippen MR) is 50.0 cm³/mol. The van der Waals surface area contributed by atoms with Gasteiger partial charge < -0.3 is 10.4 Å². The molecule has 1 saturated heterocycles. The van der Waals surface area contributed by atoms with E-state index in [1.54, 1.807) is 0 Å². The van der Waals surface area contributed by atoms with Crippen LogP contribution in [0.25, 0.3) is 0 Å². The molecule has 11 heavy (non-hydrogen) atoms. The van der Waals surface area contributed by atoms with Crippen molar-refractivity contribution >= 4 is 11.8 Å². The molecule has 0 aliphatic carbocycles. The molecule has 0 spiro atoms. The molecule has 66 valence electrons. The fourth-order valence-corrected chi connectivity index (χ4v) is 2.71. The minimum absolute atomic E-state index is 0.0880. The van der Waals surface area contributed by atoms with Gasteiger partial charge in [0.1, 0.15) is 0 Å². The van der Waals surface area contributed by atoms with Gasteiger partial charge in [-0.25, -0.2) is 0 Å². The van der Waals surface area contributed by atoms with Crippen LogP contribution in [0.3, 0.4) is 0 Å². The molecule has 0 aromatic heterocycles. The number of aliphatic hydroxyl groups excluding tert-OH is 1. The quantitative estimate of drug-likeness (QED) is 0.664. The second-order valence-corrected chi connectivity index (χ2v) is 4.36. The van der Waals surface area contributed by atoms with Gasteiger partial charge in [0.05, 0.1) is 6.10 Å². The van der Waals surface area contributed by atoms with E-state index in [-0.39, 0.29) is 6.10 Å². The summed E-state index contributed by atoms with van der Waals surface area (Å²) in [6, 6.07) is 0. The lowest BCUT2D eigenvalue weighted by Gasteiger charge is -2.16. The van der Waals surface area contributed by atoms with Gasteiger partial charge in [0.15, 0.2) is 0 Å². The summed E-state index contributed by atoms with van der Waals surface area (Å²) in [4.78, 5) is 0. The molecule has 1 rings (SSSR count). The van der Waals surface area contributed by atoms with Crippen LogP contribution in [0.4, 0.5) is 0 Å². The van der Waals surface area contributed by atoms with Crippen molar-refractivity contribution < 1.29 is 5.11 Å². The van der Waals surface area contributed by atoms with Crippen molar-refractivity contribution in [2.75, 3.05) is 19.3 Å². The van der Waals surface area contributed by atoms with Gasteiger partial charge >= 0.3 is 0 Å². The summed E-state index contributed by atoms with van der Waals surface area (Å²) >= 11 is 1.92. The molecule has 0 aromatic rings. The van der Waals surface area contributed by atoms with E-state index < -0.39 is 0 Å². The molecule has 1 aliphatic rings. The zero-order chi connectivity index (χ0) is 8.10. The number of aliphatic hydroxyl groups is 1. The van der Waals surface area contributed by atoms with Crippen molar-refractivity contribution in [1.82, 2.24) is 5.32 Å². The van der Waals surface area contributed by atoms with Crippen molar-refractivity contribution in [2.24, 2.45) is 0 Å². The Balaban J connectivity index is 2.12. The van der Waals surface area contributed by atoms with Gasteiger partial charge in [0.25, 0.3) is 0 Å². The Morgan fingerprint density at radius 2 is 2.55 bits per heavy atom. The fraction of sp³-hybridized carbons (Fsp3) is 1.00. The number of thioether (sulfide) groups is 1. The Bertz CT molecular complexity index is 104. The zero-order valence-corrected chi connectivity index (χ0v) is 7.86. The summed E-state index contributed by atoms with van der Waals surface area (Å²) in [6.07, 6.45) is 3.30. The van der Waals surface area contributed by atoms with Crippen LogP contribution < -0.4 is 5.32 Å². The van der Waals surface area contributed by atoms with E-state index in [0.717, 1.165) is 13.0 Å². The van der Waals surface area contributed by atoms with Gasteiger partial charge in [-0.1, -0.05) is 0 Å². The van der Waals surface area contributed by atoms with Crippen LogP contribution >= 0.6 is 11.8 Å². The lowest BCUT2D eigenvalue weighted by molar-refractivity contribution is 0.160. The van der Waals surface area contributed by atoms with E-state index in [4.69, 9.17) is 0 Å². The van der Waals surface area contributed by atoms with Gasteiger partial charge in [0, 0.05) is 5.25 Å². The molecule has 2 atom stereocenters. The van der Waals surface area contributed by atoms with Crippen LogP contribution in [-0.2, 0) is 0 Å². The normalized spacial score (nSPS) is 27.3. The topological polar surface area (TPSA) is 32.3 Å². The maximum atomic E-state index is 9.62. The third kappa shape index (κ3) is 3.01. The van der Waals surface area contributed by atoms with Crippen molar-refractivity contribution in [3.8, 4) is 0 Å². The molecule has 1 fully saturated rings. The van der Waals surface area contributed by atoms with Crippen LogP contribution in [0, 0.1) is 0 Å². The van der Waals surface area contributed by atoms with E-state index in [0.29, 0.717) is 5.25 Å². The molecule has 0 aromatic carbocycles. The van der Waals surface area contributed by atoms with Crippen molar-refractivity contribution in [2.45, 2.75) is 30.6 Å². The second-order valence-electron chi connectivity index (χ2n) is 3.01. The maximum Gasteiger partial charge on any atom is 0.0670 e. The molecule has 2 N–H and O–H groups in total. The van der Waals surface area contributed by atoms with Crippen molar-refractivity contribution in [3.05, 3.63) is 0 Å². The van der Waals surface area contributed by atoms with E-state index in [1.165, 1.54) is 18.6 Å². The monoisotopic (exact) mass is 175 g/mol. The smallest absolute Gasteiger partial charge is 0.0670 e. The molecular weight excluding hydrogens is 158 g/mol. The van der Waals surface area contributed by atoms with Crippen LogP contribution in [0.2, 0.25) is 0 Å². The Kier molecular flexibility index (Phi) is 4.26. The third-order valence-corrected chi connectivity index (χ3v) is 3.59. The number of hydrogen-bond donors (Lipinski definition) is 2. The van der Waals surface area contributed by atoms with Gasteiger partial charge in [-0.15, -0.1) is 0 Å². The van der Waals surface area contributed by atoms with E-state index >= 15 is 0 Å². The van der Waals surface area contributed by atoms with Crippen LogP contribution in [-0.4, -0.2) is 35.8 Å². The minimum Gasteiger partial charge on any atom is -0.392 e. The maximum absolute atomic E-state index is 9.62. The average molecular weight is 175 g/mol. The largest absolute Gasteiger partial charge is 0.392 e. The number of hydrogen-bond acceptors (Lipinski definition) is 3. The average Bonchev–Trinajstić information content (AvgIpc) is 2.52. The SMILES string of the molecule is CNCC[C@@H](O)C1CCCS1. The number of rotatable bonds is 4. The molecule has 0 amide bonds. The van der Waals surface area contributed by atoms with E-state index in [9.17, 15) is 5.11 Å². The van der Waals surface area contributed by atoms with Gasteiger partial charge in [-0.3, -0.25) is 0 Å². The molecule has 0 saturated carbocycles. The zero-order valence-electron chi connectivity index (χ0n) is 7.05. The van der Waals surface area contributed by atoms with Gasteiger partial charge in [-0.05, 0) is 38.6 Å². The van der Waals surface area contributed by atoms with E-state index in [1.807, 2.05) is 18.8 Å². The first-order valence-corrected chi connectivity index (χ1v) is 5.33. The molecule has 0 bridgehead atoms. The summed E-state index contributed by atoms with van der Waals surface area (Å²) < 4.78 is 0.